The maximum Gasteiger partial charge on any atom is 0.208 e. The SMILES string of the molecule is CS(=O)(=O)NC[C@@H]1CCC[C@]2(CCN(Cc3ccco3)C2)O1. The molecule has 1 spiro atoms. The van der Waals surface area contributed by atoms with Crippen LogP contribution in [0.5, 0.6) is 0 Å². The fraction of sp³-hybridized carbons (Fsp3) is 0.733. The second-order valence-electron chi connectivity index (χ2n) is 6.48. The van der Waals surface area contributed by atoms with Crippen LogP contribution in [0, 0.1) is 0 Å². The van der Waals surface area contributed by atoms with E-state index in [2.05, 4.69) is 9.62 Å². The highest BCUT2D eigenvalue weighted by molar-refractivity contribution is 7.88. The van der Waals surface area contributed by atoms with E-state index in [1.165, 1.54) is 6.26 Å². The van der Waals surface area contributed by atoms with Crippen LogP contribution in [0.15, 0.2) is 22.8 Å². The molecule has 0 unspecified atom stereocenters. The van der Waals surface area contributed by atoms with Crippen molar-refractivity contribution in [3.63, 3.8) is 0 Å². The van der Waals surface area contributed by atoms with Gasteiger partial charge in [0.2, 0.25) is 10.0 Å². The molecule has 2 aliphatic heterocycles. The summed E-state index contributed by atoms with van der Waals surface area (Å²) in [6.45, 7) is 3.07. The molecule has 124 valence electrons. The molecule has 0 aliphatic carbocycles. The monoisotopic (exact) mass is 328 g/mol. The van der Waals surface area contributed by atoms with Gasteiger partial charge in [0.25, 0.3) is 0 Å². The van der Waals surface area contributed by atoms with Crippen molar-refractivity contribution < 1.29 is 17.6 Å². The summed E-state index contributed by atoms with van der Waals surface area (Å²) in [6.07, 6.45) is 6.93. The van der Waals surface area contributed by atoms with Crippen LogP contribution in [0.2, 0.25) is 0 Å². The molecule has 0 aromatic carbocycles. The number of rotatable bonds is 5. The zero-order valence-electron chi connectivity index (χ0n) is 13.0. The first kappa shape index (κ1) is 16.0. The molecule has 7 heteroatoms. The average Bonchev–Trinajstić information content (AvgIpc) is 3.08. The maximum absolute atomic E-state index is 11.2. The predicted octanol–water partition coefficient (Wildman–Crippen LogP) is 1.34. The fourth-order valence-electron chi connectivity index (χ4n) is 3.50. The van der Waals surface area contributed by atoms with Crippen LogP contribution in [-0.4, -0.2) is 50.9 Å². The van der Waals surface area contributed by atoms with E-state index in [0.717, 1.165) is 51.1 Å². The lowest BCUT2D eigenvalue weighted by Gasteiger charge is -2.38. The van der Waals surface area contributed by atoms with Gasteiger partial charge < -0.3 is 9.15 Å². The molecule has 2 fully saturated rings. The topological polar surface area (TPSA) is 71.8 Å². The van der Waals surface area contributed by atoms with Crippen LogP contribution in [-0.2, 0) is 21.3 Å². The van der Waals surface area contributed by atoms with Crippen LogP contribution in [0.25, 0.3) is 0 Å². The van der Waals surface area contributed by atoms with Crippen molar-refractivity contribution in [2.75, 3.05) is 25.9 Å². The van der Waals surface area contributed by atoms with Crippen LogP contribution in [0.3, 0.4) is 0 Å². The van der Waals surface area contributed by atoms with E-state index >= 15 is 0 Å². The van der Waals surface area contributed by atoms with E-state index < -0.39 is 10.0 Å². The first-order chi connectivity index (χ1) is 10.4. The lowest BCUT2D eigenvalue weighted by molar-refractivity contribution is -0.118. The van der Waals surface area contributed by atoms with Crippen molar-refractivity contribution >= 4 is 10.0 Å². The number of ether oxygens (including phenoxy) is 1. The Morgan fingerprint density at radius 2 is 2.32 bits per heavy atom. The normalized spacial score (nSPS) is 30.1. The summed E-state index contributed by atoms with van der Waals surface area (Å²) in [5.41, 5.74) is -0.116. The quantitative estimate of drug-likeness (QED) is 0.883. The Bertz CT molecular complexity index is 587. The van der Waals surface area contributed by atoms with Crippen LogP contribution >= 0.6 is 0 Å². The van der Waals surface area contributed by atoms with E-state index in [1.54, 1.807) is 6.26 Å². The Balaban J connectivity index is 1.55. The lowest BCUT2D eigenvalue weighted by Crippen LogP contribution is -2.46. The van der Waals surface area contributed by atoms with E-state index in [0.29, 0.717) is 6.54 Å². The van der Waals surface area contributed by atoms with E-state index in [9.17, 15) is 8.42 Å². The summed E-state index contributed by atoms with van der Waals surface area (Å²) < 4.78 is 36.7. The van der Waals surface area contributed by atoms with Gasteiger partial charge in [-0.05, 0) is 37.8 Å². The molecule has 1 aromatic heterocycles. The Hall–Kier alpha value is -0.890. The predicted molar refractivity (Wildman–Crippen MR) is 82.9 cm³/mol. The summed E-state index contributed by atoms with van der Waals surface area (Å²) in [6, 6.07) is 3.90. The van der Waals surface area contributed by atoms with Crippen LogP contribution in [0.4, 0.5) is 0 Å². The summed E-state index contributed by atoms with van der Waals surface area (Å²) in [5, 5.41) is 0. The highest BCUT2D eigenvalue weighted by Crippen LogP contribution is 2.37. The minimum Gasteiger partial charge on any atom is -0.468 e. The van der Waals surface area contributed by atoms with Gasteiger partial charge in [0.15, 0.2) is 0 Å². The van der Waals surface area contributed by atoms with Gasteiger partial charge in [-0.3, -0.25) is 4.90 Å². The molecule has 2 aliphatic rings. The zero-order valence-corrected chi connectivity index (χ0v) is 13.8. The van der Waals surface area contributed by atoms with Crippen molar-refractivity contribution in [2.24, 2.45) is 0 Å². The van der Waals surface area contributed by atoms with E-state index in [1.807, 2.05) is 12.1 Å². The third kappa shape index (κ3) is 4.10. The van der Waals surface area contributed by atoms with Crippen molar-refractivity contribution in [2.45, 2.75) is 43.9 Å². The van der Waals surface area contributed by atoms with Crippen molar-refractivity contribution in [1.82, 2.24) is 9.62 Å². The minimum atomic E-state index is -3.16. The van der Waals surface area contributed by atoms with Crippen LogP contribution in [0.1, 0.15) is 31.4 Å². The first-order valence-corrected chi connectivity index (χ1v) is 9.71. The van der Waals surface area contributed by atoms with Gasteiger partial charge in [0.1, 0.15) is 5.76 Å². The van der Waals surface area contributed by atoms with Crippen molar-refractivity contribution in [1.29, 1.82) is 0 Å². The fourth-order valence-corrected chi connectivity index (χ4v) is 3.99. The van der Waals surface area contributed by atoms with Gasteiger partial charge in [0.05, 0.1) is 30.8 Å². The molecule has 1 aromatic rings. The van der Waals surface area contributed by atoms with Crippen LogP contribution < -0.4 is 4.72 Å². The third-order valence-electron chi connectivity index (χ3n) is 4.50. The number of furan rings is 1. The minimum absolute atomic E-state index is 0.0213. The second-order valence-corrected chi connectivity index (χ2v) is 8.31. The smallest absolute Gasteiger partial charge is 0.208 e. The van der Waals surface area contributed by atoms with Crippen molar-refractivity contribution in [3.8, 4) is 0 Å². The zero-order chi connectivity index (χ0) is 15.6. The molecule has 0 bridgehead atoms. The molecule has 3 heterocycles. The second kappa shape index (κ2) is 6.31. The highest BCUT2D eigenvalue weighted by Gasteiger charge is 2.43. The van der Waals surface area contributed by atoms with Gasteiger partial charge in [0, 0.05) is 19.6 Å². The molecule has 3 rings (SSSR count). The number of likely N-dealkylation sites (tertiary alicyclic amines) is 1. The van der Waals surface area contributed by atoms with Gasteiger partial charge in [-0.2, -0.15) is 0 Å². The van der Waals surface area contributed by atoms with E-state index in [-0.39, 0.29) is 11.7 Å². The lowest BCUT2D eigenvalue weighted by atomic mass is 9.90. The molecule has 6 nitrogen and oxygen atoms in total. The number of nitrogens with zero attached hydrogens (tertiary/aromatic N) is 1. The number of sulfonamides is 1. The number of hydrogen-bond donors (Lipinski definition) is 1. The molecule has 1 N–H and O–H groups in total. The van der Waals surface area contributed by atoms with E-state index in [4.69, 9.17) is 9.15 Å². The average molecular weight is 328 g/mol. The molecule has 2 atom stereocenters. The van der Waals surface area contributed by atoms with Gasteiger partial charge in [-0.25, -0.2) is 13.1 Å². The maximum atomic E-state index is 11.2. The highest BCUT2D eigenvalue weighted by atomic mass is 32.2. The van der Waals surface area contributed by atoms with Crippen molar-refractivity contribution in [3.05, 3.63) is 24.2 Å². The van der Waals surface area contributed by atoms with Gasteiger partial charge >= 0.3 is 0 Å². The Kier molecular flexibility index (Phi) is 4.59. The van der Waals surface area contributed by atoms with Gasteiger partial charge in [-0.1, -0.05) is 0 Å². The molecule has 2 saturated heterocycles. The summed E-state index contributed by atoms with van der Waals surface area (Å²) in [4.78, 5) is 2.35. The largest absolute Gasteiger partial charge is 0.468 e. The summed E-state index contributed by atoms with van der Waals surface area (Å²) >= 11 is 0. The summed E-state index contributed by atoms with van der Waals surface area (Å²) in [5.74, 6) is 0.975. The molecular weight excluding hydrogens is 304 g/mol. The number of hydrogen-bond acceptors (Lipinski definition) is 5. The Morgan fingerprint density at radius 1 is 1.45 bits per heavy atom. The first-order valence-electron chi connectivity index (χ1n) is 7.81. The molecule has 22 heavy (non-hydrogen) atoms. The molecule has 0 amide bonds. The Morgan fingerprint density at radius 3 is 3.05 bits per heavy atom. The molecular formula is C15H24N2O4S. The summed E-state index contributed by atoms with van der Waals surface area (Å²) in [7, 11) is -3.16. The molecule has 0 radical (unpaired) electrons. The standard InChI is InChI=1S/C15H24N2O4S/c1-22(18,19)16-10-13-4-2-6-15(21-13)7-8-17(12-15)11-14-5-3-9-20-14/h3,5,9,13,16H,2,4,6-8,10-12H2,1H3/t13-,15+/m0/s1. The molecule has 0 saturated carbocycles. The number of nitrogens with one attached hydrogen (secondary N) is 1. The van der Waals surface area contributed by atoms with Gasteiger partial charge in [-0.15, -0.1) is 0 Å². The third-order valence-corrected chi connectivity index (χ3v) is 5.19. The Labute approximate surface area is 131 Å².